The highest BCUT2D eigenvalue weighted by molar-refractivity contribution is 5.06. The van der Waals surface area contributed by atoms with Crippen molar-refractivity contribution in [1.29, 1.82) is 0 Å². The van der Waals surface area contributed by atoms with Gasteiger partial charge in [0.25, 0.3) is 0 Å². The van der Waals surface area contributed by atoms with Crippen molar-refractivity contribution in [3.05, 3.63) is 23.7 Å². The van der Waals surface area contributed by atoms with E-state index in [1.54, 1.807) is 14.0 Å². The Bertz CT molecular complexity index is 258. The van der Waals surface area contributed by atoms with Gasteiger partial charge in [-0.2, -0.15) is 0 Å². The molecule has 14 heavy (non-hydrogen) atoms. The molecule has 0 radical (unpaired) electrons. The van der Waals surface area contributed by atoms with E-state index in [-0.39, 0.29) is 6.10 Å². The van der Waals surface area contributed by atoms with Crippen molar-refractivity contribution in [2.75, 3.05) is 13.7 Å². The first-order chi connectivity index (χ1) is 6.72. The number of hydrogen-bond donors (Lipinski definition) is 2. The molecule has 2 N–H and O–H groups in total. The van der Waals surface area contributed by atoms with Crippen LogP contribution >= 0.6 is 0 Å². The Hall–Kier alpha value is -0.840. The topological polar surface area (TPSA) is 54.6 Å². The molecule has 0 saturated heterocycles. The van der Waals surface area contributed by atoms with Crippen LogP contribution < -0.4 is 5.32 Å². The molecule has 0 amide bonds. The Morgan fingerprint density at radius 2 is 2.21 bits per heavy atom. The average Bonchev–Trinajstić information content (AvgIpc) is 2.53. The van der Waals surface area contributed by atoms with Crippen LogP contribution in [0.25, 0.3) is 0 Å². The van der Waals surface area contributed by atoms with Crippen molar-refractivity contribution in [2.24, 2.45) is 0 Å². The summed E-state index contributed by atoms with van der Waals surface area (Å²) in [4.78, 5) is 0. The summed E-state index contributed by atoms with van der Waals surface area (Å²) < 4.78 is 10.4. The maximum Gasteiger partial charge on any atom is 0.129 e. The fraction of sp³-hybridized carbons (Fsp3) is 0.600. The fourth-order valence-electron chi connectivity index (χ4n) is 1.14. The molecule has 4 nitrogen and oxygen atoms in total. The largest absolute Gasteiger partial charge is 0.462 e. The maximum absolute atomic E-state index is 9.01. The van der Waals surface area contributed by atoms with Gasteiger partial charge in [-0.15, -0.1) is 0 Å². The van der Waals surface area contributed by atoms with Crippen molar-refractivity contribution in [1.82, 2.24) is 5.32 Å². The zero-order valence-electron chi connectivity index (χ0n) is 8.62. The minimum Gasteiger partial charge on any atom is -0.462 e. The molecule has 0 aromatic carbocycles. The molecule has 0 aliphatic carbocycles. The van der Waals surface area contributed by atoms with Gasteiger partial charge in [0.15, 0.2) is 0 Å². The molecule has 1 aromatic rings. The van der Waals surface area contributed by atoms with E-state index in [2.05, 4.69) is 5.32 Å². The van der Waals surface area contributed by atoms with Crippen LogP contribution in [0, 0.1) is 0 Å². The standard InChI is InChI=1S/C10H17NO3/c1-8(12)5-11-6-9-3-4-10(14-9)7-13-2/h3-4,8,11-12H,5-7H2,1-2H3. The van der Waals surface area contributed by atoms with E-state index in [0.29, 0.717) is 19.7 Å². The lowest BCUT2D eigenvalue weighted by molar-refractivity contribution is 0.161. The average molecular weight is 199 g/mol. The normalized spacial score (nSPS) is 13.1. The Morgan fingerprint density at radius 1 is 1.50 bits per heavy atom. The first-order valence-electron chi connectivity index (χ1n) is 4.67. The van der Waals surface area contributed by atoms with E-state index in [9.17, 15) is 0 Å². The summed E-state index contributed by atoms with van der Waals surface area (Å²) in [5.41, 5.74) is 0. The second-order valence-corrected chi connectivity index (χ2v) is 3.28. The Kier molecular flexibility index (Phi) is 4.65. The zero-order valence-corrected chi connectivity index (χ0v) is 8.62. The number of hydrogen-bond acceptors (Lipinski definition) is 4. The molecule has 0 saturated carbocycles. The van der Waals surface area contributed by atoms with E-state index >= 15 is 0 Å². The molecule has 0 aliphatic heterocycles. The van der Waals surface area contributed by atoms with Gasteiger partial charge in [-0.25, -0.2) is 0 Å². The first-order valence-corrected chi connectivity index (χ1v) is 4.67. The molecule has 1 atom stereocenters. The molecule has 1 rings (SSSR count). The SMILES string of the molecule is COCc1ccc(CNCC(C)O)o1. The minimum absolute atomic E-state index is 0.330. The summed E-state index contributed by atoms with van der Waals surface area (Å²) in [6.45, 7) is 3.44. The van der Waals surface area contributed by atoms with Crippen molar-refractivity contribution in [2.45, 2.75) is 26.2 Å². The molecular formula is C10H17NO3. The quantitative estimate of drug-likeness (QED) is 0.714. The molecule has 0 aliphatic rings. The lowest BCUT2D eigenvalue weighted by atomic mass is 10.4. The third-order valence-electron chi connectivity index (χ3n) is 1.74. The predicted molar refractivity (Wildman–Crippen MR) is 52.8 cm³/mol. The Labute approximate surface area is 83.9 Å². The number of aliphatic hydroxyl groups excluding tert-OH is 1. The van der Waals surface area contributed by atoms with E-state index in [0.717, 1.165) is 11.5 Å². The summed E-state index contributed by atoms with van der Waals surface area (Å²) >= 11 is 0. The molecule has 1 aromatic heterocycles. The van der Waals surface area contributed by atoms with Crippen molar-refractivity contribution >= 4 is 0 Å². The van der Waals surface area contributed by atoms with Gasteiger partial charge in [-0.1, -0.05) is 0 Å². The predicted octanol–water partition coefficient (Wildman–Crippen LogP) is 0.896. The molecule has 0 spiro atoms. The lowest BCUT2D eigenvalue weighted by Gasteiger charge is -2.04. The van der Waals surface area contributed by atoms with E-state index in [1.165, 1.54) is 0 Å². The molecule has 1 heterocycles. The summed E-state index contributed by atoms with van der Waals surface area (Å²) in [5, 5.41) is 12.1. The lowest BCUT2D eigenvalue weighted by Crippen LogP contribution is -2.23. The maximum atomic E-state index is 9.01. The third kappa shape index (κ3) is 3.91. The van der Waals surface area contributed by atoms with Crippen LogP contribution in [0.15, 0.2) is 16.5 Å². The van der Waals surface area contributed by atoms with E-state index in [1.807, 2.05) is 12.1 Å². The number of furan rings is 1. The molecular weight excluding hydrogens is 182 g/mol. The highest BCUT2D eigenvalue weighted by Crippen LogP contribution is 2.08. The van der Waals surface area contributed by atoms with Gasteiger partial charge in [-0.3, -0.25) is 0 Å². The van der Waals surface area contributed by atoms with Gasteiger partial charge in [0.1, 0.15) is 18.1 Å². The van der Waals surface area contributed by atoms with Crippen molar-refractivity contribution in [3.8, 4) is 0 Å². The number of nitrogens with one attached hydrogen (secondary N) is 1. The van der Waals surface area contributed by atoms with Gasteiger partial charge in [-0.05, 0) is 19.1 Å². The molecule has 80 valence electrons. The molecule has 1 unspecified atom stereocenters. The highest BCUT2D eigenvalue weighted by atomic mass is 16.5. The smallest absolute Gasteiger partial charge is 0.129 e. The van der Waals surface area contributed by atoms with Gasteiger partial charge in [0, 0.05) is 13.7 Å². The molecule has 0 fully saturated rings. The van der Waals surface area contributed by atoms with Crippen LogP contribution in [-0.4, -0.2) is 24.9 Å². The van der Waals surface area contributed by atoms with Gasteiger partial charge in [0.2, 0.25) is 0 Å². The number of methoxy groups -OCH3 is 1. The first kappa shape index (κ1) is 11.2. The number of rotatable bonds is 6. The van der Waals surface area contributed by atoms with Crippen LogP contribution in [0.1, 0.15) is 18.4 Å². The molecule has 4 heteroatoms. The highest BCUT2D eigenvalue weighted by Gasteiger charge is 2.01. The number of aliphatic hydroxyl groups is 1. The van der Waals surface area contributed by atoms with Crippen LogP contribution in [0.3, 0.4) is 0 Å². The summed E-state index contributed by atoms with van der Waals surface area (Å²) in [6, 6.07) is 3.80. The fourth-order valence-corrected chi connectivity index (χ4v) is 1.14. The third-order valence-corrected chi connectivity index (χ3v) is 1.74. The minimum atomic E-state index is -0.330. The van der Waals surface area contributed by atoms with Crippen LogP contribution in [0.4, 0.5) is 0 Å². The van der Waals surface area contributed by atoms with Gasteiger partial charge < -0.3 is 19.6 Å². The summed E-state index contributed by atoms with van der Waals surface area (Å²) in [6.07, 6.45) is -0.330. The zero-order chi connectivity index (χ0) is 10.4. The monoisotopic (exact) mass is 199 g/mol. The van der Waals surface area contributed by atoms with Crippen molar-refractivity contribution in [3.63, 3.8) is 0 Å². The molecule has 0 bridgehead atoms. The summed E-state index contributed by atoms with van der Waals surface area (Å²) in [5.74, 6) is 1.68. The Morgan fingerprint density at radius 3 is 2.86 bits per heavy atom. The Balaban J connectivity index is 2.28. The van der Waals surface area contributed by atoms with Crippen LogP contribution in [0.2, 0.25) is 0 Å². The van der Waals surface area contributed by atoms with E-state index < -0.39 is 0 Å². The van der Waals surface area contributed by atoms with Gasteiger partial charge >= 0.3 is 0 Å². The van der Waals surface area contributed by atoms with Crippen LogP contribution in [0.5, 0.6) is 0 Å². The van der Waals surface area contributed by atoms with Crippen molar-refractivity contribution < 1.29 is 14.3 Å². The van der Waals surface area contributed by atoms with Gasteiger partial charge in [0.05, 0.1) is 12.6 Å². The summed E-state index contributed by atoms with van der Waals surface area (Å²) in [7, 11) is 1.63. The number of ether oxygens (including phenoxy) is 1. The second-order valence-electron chi connectivity index (χ2n) is 3.28. The van der Waals surface area contributed by atoms with E-state index in [4.69, 9.17) is 14.3 Å². The van der Waals surface area contributed by atoms with Crippen LogP contribution in [-0.2, 0) is 17.9 Å². The second kappa shape index (κ2) is 5.80.